The summed E-state index contributed by atoms with van der Waals surface area (Å²) in [6.45, 7) is 100. The van der Waals surface area contributed by atoms with Crippen molar-refractivity contribution in [3.8, 4) is 0 Å². The zero-order valence-electron chi connectivity index (χ0n) is 81.2. The Morgan fingerprint density at radius 3 is 0.722 bits per heavy atom. The van der Waals surface area contributed by atoms with Gasteiger partial charge in [0.15, 0.2) is 5.78 Å². The Hall–Kier alpha value is -4.26. The van der Waals surface area contributed by atoms with Crippen molar-refractivity contribution in [3.05, 3.63) is 131 Å². The molecule has 10 rings (SSSR count). The number of alkyl halides is 12. The van der Waals surface area contributed by atoms with E-state index in [2.05, 4.69) is 306 Å². The second-order valence-corrected chi connectivity index (χ2v) is 44.5. The molecule has 0 spiro atoms. The van der Waals surface area contributed by atoms with Gasteiger partial charge in [-0.25, -0.2) is 26.3 Å². The predicted octanol–water partition coefficient (Wildman–Crippen LogP) is 31.0. The van der Waals surface area contributed by atoms with Crippen LogP contribution in [0, 0.1) is 21.7 Å². The first kappa shape index (κ1) is 107. The molecule has 115 heavy (non-hydrogen) atoms. The lowest BCUT2D eigenvalue weighted by Gasteiger charge is -2.51. The number of Topliss-reactive ketones (excluding diaryl/α,β-unsaturated/α-hetero) is 1. The second kappa shape index (κ2) is 32.9. The van der Waals surface area contributed by atoms with Crippen LogP contribution in [0.3, 0.4) is 0 Å². The Kier molecular flexibility index (Phi) is 30.5. The fourth-order valence-electron chi connectivity index (χ4n) is 18.8. The fraction of sp³-hybridized carbons (Fsp3) is 0.742. The normalized spacial score (nSPS) is 27.1. The number of anilines is 1. The van der Waals surface area contributed by atoms with Gasteiger partial charge in [-0.1, -0.05) is 102 Å². The van der Waals surface area contributed by atoms with Crippen LogP contribution in [-0.2, 0) is 9.53 Å². The van der Waals surface area contributed by atoms with E-state index in [1.54, 1.807) is 38.8 Å². The van der Waals surface area contributed by atoms with E-state index in [-0.39, 0.29) is 60.8 Å². The van der Waals surface area contributed by atoms with Gasteiger partial charge in [0, 0.05) is 76.0 Å². The Morgan fingerprint density at radius 2 is 0.583 bits per heavy atom. The highest BCUT2D eigenvalue weighted by Crippen LogP contribution is 2.63. The van der Waals surface area contributed by atoms with Crippen molar-refractivity contribution in [1.29, 1.82) is 0 Å². The number of ketones is 1. The highest BCUT2D eigenvalue weighted by Gasteiger charge is 2.78. The van der Waals surface area contributed by atoms with E-state index in [1.807, 2.05) is 41.5 Å². The van der Waals surface area contributed by atoms with E-state index in [9.17, 15) is 57.5 Å². The molecule has 0 radical (unpaired) electrons. The van der Waals surface area contributed by atoms with Crippen molar-refractivity contribution in [2.75, 3.05) is 11.9 Å². The molecule has 5 nitrogen and oxygen atoms in total. The molecule has 0 aromatic heterocycles. The van der Waals surface area contributed by atoms with Gasteiger partial charge in [-0.15, -0.1) is 11.8 Å². The lowest BCUT2D eigenvalue weighted by molar-refractivity contribution is -0.264. The van der Waals surface area contributed by atoms with E-state index in [0.717, 1.165) is 25.0 Å². The number of ether oxygens (including phenoxy) is 1. The van der Waals surface area contributed by atoms with E-state index in [1.165, 1.54) is 61.4 Å². The van der Waals surface area contributed by atoms with Crippen LogP contribution in [0.2, 0.25) is 0 Å². The van der Waals surface area contributed by atoms with Crippen molar-refractivity contribution in [1.82, 2.24) is 9.80 Å². The number of carbonyl (C=O) groups is 1. The SMILES string of the molecule is CC1=C(C)C(C)(C)C(=O)C1(C)C.CC1=C(C)C(C)(C)C(F)(F)C1(C)C.CC1=C(C)C(C)(C)N(C(C)(C)C)C1(C)C.CC1=C(C)C(C)(C)N(C)C1(C)C.CC1=C(C)C(C)(C)N(c2ccccc2)C1(C)C.CC1=C(C)C(C)(C)OC1(C)C.CC1=C(C)C(C)(C)SC1(C)C.CC1=C(C)C(F)(F)C(F)(F)C1(F)F.CC1=C(C)C(F)(F)CC1(F)F. The third-order valence-corrected chi connectivity index (χ3v) is 32.2. The molecule has 0 saturated carbocycles. The third kappa shape index (κ3) is 18.9. The number of nitrogens with zero attached hydrogens (tertiary/aromatic N) is 3. The number of thioether (sulfide) groups is 1. The van der Waals surface area contributed by atoms with Crippen LogP contribution in [0.15, 0.2) is 131 Å². The molecular weight excluding hydrogens is 1500 g/mol. The van der Waals surface area contributed by atoms with Gasteiger partial charge in [-0.05, 0) is 353 Å². The summed E-state index contributed by atoms with van der Waals surface area (Å²) < 4.78 is 160. The molecule has 0 bridgehead atoms. The van der Waals surface area contributed by atoms with Gasteiger partial charge >= 0.3 is 17.8 Å². The summed E-state index contributed by atoms with van der Waals surface area (Å²) in [6, 6.07) is 10.7. The maximum Gasteiger partial charge on any atom is 0.379 e. The largest absolute Gasteiger partial charge is 0.379 e. The van der Waals surface area contributed by atoms with Gasteiger partial charge in [0.2, 0.25) is 0 Å². The molecule has 4 aliphatic carbocycles. The summed E-state index contributed by atoms with van der Waals surface area (Å²) in [4.78, 5) is 19.5. The maximum atomic E-state index is 14.0. The van der Waals surface area contributed by atoms with Crippen molar-refractivity contribution < 1.29 is 62.2 Å². The minimum atomic E-state index is -5.31. The van der Waals surface area contributed by atoms with Crippen LogP contribution >= 0.6 is 11.8 Å². The number of likely N-dealkylation sites (N-methyl/N-ethyl adjacent to an activating group) is 1. The standard InChI is InChI=1S/C16H23N.C14H27N.C11H18F2.C11H21N.C11H18O.C10H18O.C10H18S.C7H6F6.C7H8F4/c1-12-13(2)16(5,6)17(15(12,3)4)14-10-8-7-9-11-14;1-10-11(2)14(8,9)15(12(3,4)5)13(10,6)7;1-7-8(2)10(5,6)11(12,13)9(7,3)4;1-8-9(2)11(5,6)12(7)10(8,3)4;1-7-8(2)11(5,6)9(12)10(7,3)4;2*1-7-8(2)10(5,6)11-9(7,3)4;1-3-4(2)6(10,11)7(12,13)5(3,8)9;1-4-5(2)7(10,11)3-6(4,8)9/h7-11H,1-6H3;1-9H3;1-6H3;1-7H3;1-6H3;2*1-6H3;1-2H3;3H2,1-2H3. The van der Waals surface area contributed by atoms with Gasteiger partial charge in [-0.3, -0.25) is 14.6 Å². The van der Waals surface area contributed by atoms with Crippen LogP contribution < -0.4 is 4.90 Å². The van der Waals surface area contributed by atoms with Crippen molar-refractivity contribution in [3.63, 3.8) is 0 Å². The average molecular weight is 1660 g/mol. The fourth-order valence-corrected chi connectivity index (χ4v) is 20.7. The first-order valence-corrected chi connectivity index (χ1v) is 41.7. The van der Waals surface area contributed by atoms with Crippen LogP contribution in [0.5, 0.6) is 0 Å². The molecule has 0 N–H and O–H groups in total. The lowest BCUT2D eigenvalue weighted by atomic mass is 9.75. The topological polar surface area (TPSA) is 36.0 Å². The maximum absolute atomic E-state index is 14.0. The first-order valence-electron chi connectivity index (χ1n) is 40.9. The molecule has 5 heterocycles. The van der Waals surface area contributed by atoms with E-state index in [0.29, 0.717) is 29.1 Å². The van der Waals surface area contributed by atoms with E-state index in [4.69, 9.17) is 4.74 Å². The number of allylic oxidation sites excluding steroid dienone is 8. The summed E-state index contributed by atoms with van der Waals surface area (Å²) in [5.41, 5.74) is 15.6. The first-order chi connectivity index (χ1) is 50.1. The van der Waals surface area contributed by atoms with Gasteiger partial charge in [0.25, 0.3) is 17.8 Å². The van der Waals surface area contributed by atoms with Gasteiger partial charge in [-0.2, -0.15) is 26.3 Å². The van der Waals surface area contributed by atoms with Gasteiger partial charge in [0.1, 0.15) is 0 Å². The molecule has 0 amide bonds. The Labute approximate surface area is 696 Å². The van der Waals surface area contributed by atoms with E-state index >= 15 is 0 Å². The minimum Gasteiger partial charge on any atom is -0.361 e. The summed E-state index contributed by atoms with van der Waals surface area (Å²) in [6.07, 6.45) is -1.36. The second-order valence-electron chi connectivity index (χ2n) is 42.3. The molecule has 1 aromatic rings. The summed E-state index contributed by atoms with van der Waals surface area (Å²) in [7, 11) is 2.21. The zero-order valence-corrected chi connectivity index (χ0v) is 82.0. The number of benzene rings is 1. The average Bonchev–Trinajstić information content (AvgIpc) is 1.56. The number of hydrogen-bond acceptors (Lipinski definition) is 6. The predicted molar refractivity (Wildman–Crippen MR) is 468 cm³/mol. The third-order valence-electron chi connectivity index (χ3n) is 30.5. The number of carbonyl (C=O) groups excluding carboxylic acids is 1. The summed E-state index contributed by atoms with van der Waals surface area (Å²) >= 11 is 2.07. The van der Waals surface area contributed by atoms with Gasteiger partial charge < -0.3 is 9.64 Å². The molecule has 0 fully saturated rings. The van der Waals surface area contributed by atoms with Crippen LogP contribution in [0.1, 0.15) is 346 Å². The number of hydrogen-bond donors (Lipinski definition) is 0. The smallest absolute Gasteiger partial charge is 0.361 e. The molecule has 662 valence electrons. The quantitative estimate of drug-likeness (QED) is 0.206. The molecule has 9 aliphatic rings. The zero-order chi connectivity index (χ0) is 92.4. The number of rotatable bonds is 1. The van der Waals surface area contributed by atoms with Crippen LogP contribution in [-0.4, -0.2) is 118 Å². The number of para-hydroxylation sites is 1. The van der Waals surface area contributed by atoms with Crippen LogP contribution in [0.25, 0.3) is 0 Å². The van der Waals surface area contributed by atoms with Crippen molar-refractivity contribution in [2.45, 2.75) is 441 Å². The van der Waals surface area contributed by atoms with Crippen molar-refractivity contribution in [2.24, 2.45) is 21.7 Å². The Bertz CT molecular complexity index is 3720. The monoisotopic (exact) mass is 1660 g/mol. The van der Waals surface area contributed by atoms with Gasteiger partial charge in [0.05, 0.1) is 39.5 Å². The van der Waals surface area contributed by atoms with Crippen molar-refractivity contribution >= 4 is 23.2 Å². The van der Waals surface area contributed by atoms with Crippen LogP contribution in [0.4, 0.5) is 58.4 Å². The Balaban J connectivity index is 0.000000440. The molecule has 1 aromatic carbocycles. The highest BCUT2D eigenvalue weighted by molar-refractivity contribution is 8.02. The summed E-state index contributed by atoms with van der Waals surface area (Å²) in [5.74, 6) is -23.7. The molecule has 18 heteroatoms. The lowest BCUT2D eigenvalue weighted by Crippen LogP contribution is -2.59. The highest BCUT2D eigenvalue weighted by atomic mass is 32.2. The van der Waals surface area contributed by atoms with E-state index < -0.39 is 75.1 Å². The summed E-state index contributed by atoms with van der Waals surface area (Å²) in [5, 5.41) is 0. The number of halogens is 12. The molecule has 0 atom stereocenters. The molecule has 0 saturated heterocycles. The Morgan fingerprint density at radius 1 is 0.322 bits per heavy atom. The molecular formula is C97H157F12N3O2S. The molecule has 0 unspecified atom stereocenters. The minimum absolute atomic E-state index is 0.0619. The molecule has 5 aliphatic heterocycles.